The lowest BCUT2D eigenvalue weighted by Crippen LogP contribution is -2.67. The van der Waals surface area contributed by atoms with Crippen LogP contribution in [0.4, 0.5) is 0 Å². The summed E-state index contributed by atoms with van der Waals surface area (Å²) >= 11 is 0. The molecule has 0 aliphatic carbocycles. The molecule has 3 aliphatic rings. The molecule has 0 spiro atoms. The molecule has 5 atom stereocenters. The van der Waals surface area contributed by atoms with Gasteiger partial charge < -0.3 is 14.3 Å². The Morgan fingerprint density at radius 3 is 2.77 bits per heavy atom. The lowest BCUT2D eigenvalue weighted by Gasteiger charge is -2.58. The SMILES string of the molecule is C=C[C@H]1C[N@+]2(Cc3ccc(OC)cc3)CC[C@H]1C[C@@H]2[C@@H](O)c1ccnc2ccccc12. The molecule has 31 heavy (non-hydrogen) atoms. The van der Waals surface area contributed by atoms with E-state index in [0.717, 1.165) is 52.8 Å². The van der Waals surface area contributed by atoms with Crippen molar-refractivity contribution in [2.75, 3.05) is 20.2 Å². The number of aromatic nitrogens is 1. The van der Waals surface area contributed by atoms with Gasteiger partial charge in [0.25, 0.3) is 0 Å². The molecular formula is C27H31N2O2+. The molecule has 4 nitrogen and oxygen atoms in total. The Balaban J connectivity index is 1.53. The van der Waals surface area contributed by atoms with Gasteiger partial charge in [-0.1, -0.05) is 24.3 Å². The zero-order valence-electron chi connectivity index (χ0n) is 18.2. The summed E-state index contributed by atoms with van der Waals surface area (Å²) in [5.74, 6) is 2.01. The van der Waals surface area contributed by atoms with E-state index >= 15 is 0 Å². The molecule has 1 N–H and O–H groups in total. The van der Waals surface area contributed by atoms with Crippen LogP contribution in [0.3, 0.4) is 0 Å². The first-order valence-corrected chi connectivity index (χ1v) is 11.3. The number of nitrogens with zero attached hydrogens (tertiary/aromatic N) is 2. The highest BCUT2D eigenvalue weighted by Crippen LogP contribution is 2.48. The first kappa shape index (κ1) is 20.2. The van der Waals surface area contributed by atoms with Crippen LogP contribution in [-0.4, -0.2) is 40.8 Å². The first-order valence-electron chi connectivity index (χ1n) is 11.3. The van der Waals surface area contributed by atoms with Gasteiger partial charge in [-0.25, -0.2) is 0 Å². The van der Waals surface area contributed by atoms with Crippen molar-refractivity contribution >= 4 is 10.9 Å². The van der Waals surface area contributed by atoms with Gasteiger partial charge in [-0.05, 0) is 47.9 Å². The van der Waals surface area contributed by atoms with Crippen LogP contribution in [0.2, 0.25) is 0 Å². The molecule has 160 valence electrons. The van der Waals surface area contributed by atoms with Crippen molar-refractivity contribution in [2.45, 2.75) is 31.5 Å². The summed E-state index contributed by atoms with van der Waals surface area (Å²) < 4.78 is 6.26. The van der Waals surface area contributed by atoms with Crippen molar-refractivity contribution < 1.29 is 14.3 Å². The number of para-hydroxylation sites is 1. The molecule has 3 aliphatic heterocycles. The summed E-state index contributed by atoms with van der Waals surface area (Å²) in [5, 5.41) is 12.8. The molecule has 1 aromatic heterocycles. The van der Waals surface area contributed by atoms with E-state index in [9.17, 15) is 5.11 Å². The average Bonchev–Trinajstić information content (AvgIpc) is 2.83. The molecule has 0 unspecified atom stereocenters. The van der Waals surface area contributed by atoms with E-state index in [1.165, 1.54) is 12.0 Å². The van der Waals surface area contributed by atoms with Gasteiger partial charge in [0.2, 0.25) is 0 Å². The van der Waals surface area contributed by atoms with Crippen molar-refractivity contribution in [1.82, 2.24) is 4.98 Å². The van der Waals surface area contributed by atoms with Crippen LogP contribution in [0.25, 0.3) is 10.9 Å². The maximum atomic E-state index is 11.8. The average molecular weight is 416 g/mol. The second-order valence-electron chi connectivity index (χ2n) is 9.24. The van der Waals surface area contributed by atoms with Crippen LogP contribution < -0.4 is 4.74 Å². The molecular weight excluding hydrogens is 384 g/mol. The number of aliphatic hydroxyl groups is 1. The number of hydrogen-bond acceptors (Lipinski definition) is 3. The Hall–Kier alpha value is -2.69. The lowest BCUT2D eigenvalue weighted by atomic mass is 9.71. The molecule has 3 saturated heterocycles. The Kier molecular flexibility index (Phi) is 5.28. The minimum absolute atomic E-state index is 0.169. The van der Waals surface area contributed by atoms with Crippen molar-refractivity contribution in [2.24, 2.45) is 11.8 Å². The Labute approximate surface area is 184 Å². The van der Waals surface area contributed by atoms with Crippen molar-refractivity contribution in [1.29, 1.82) is 0 Å². The zero-order chi connectivity index (χ0) is 21.4. The predicted octanol–water partition coefficient (Wildman–Crippen LogP) is 4.89. The van der Waals surface area contributed by atoms with Crippen LogP contribution in [0.5, 0.6) is 5.75 Å². The number of benzene rings is 2. The fourth-order valence-corrected chi connectivity index (χ4v) is 6.06. The number of ether oxygens (including phenoxy) is 1. The summed E-state index contributed by atoms with van der Waals surface area (Å²) in [6.45, 7) is 7.21. The molecule has 2 bridgehead atoms. The van der Waals surface area contributed by atoms with Crippen LogP contribution in [0.15, 0.2) is 73.4 Å². The largest absolute Gasteiger partial charge is 0.497 e. The topological polar surface area (TPSA) is 42.4 Å². The highest BCUT2D eigenvalue weighted by molar-refractivity contribution is 5.82. The monoisotopic (exact) mass is 415 g/mol. The number of pyridine rings is 1. The Bertz CT molecular complexity index is 1070. The summed E-state index contributed by atoms with van der Waals surface area (Å²) in [4.78, 5) is 4.50. The Morgan fingerprint density at radius 2 is 2.00 bits per heavy atom. The molecule has 0 amide bonds. The maximum Gasteiger partial charge on any atom is 0.131 e. The smallest absolute Gasteiger partial charge is 0.131 e. The number of aliphatic hydroxyl groups excluding tert-OH is 1. The summed E-state index contributed by atoms with van der Waals surface area (Å²) in [7, 11) is 1.70. The molecule has 2 aromatic carbocycles. The third-order valence-electron chi connectivity index (χ3n) is 7.70. The first-order chi connectivity index (χ1) is 15.1. The van der Waals surface area contributed by atoms with E-state index in [1.54, 1.807) is 7.11 Å². The summed E-state index contributed by atoms with van der Waals surface area (Å²) in [6.07, 6.45) is 5.70. The molecule has 3 fully saturated rings. The van der Waals surface area contributed by atoms with Crippen LogP contribution in [0, 0.1) is 11.8 Å². The number of rotatable bonds is 6. The highest BCUT2D eigenvalue weighted by Gasteiger charge is 2.53. The van der Waals surface area contributed by atoms with E-state index in [-0.39, 0.29) is 6.04 Å². The van der Waals surface area contributed by atoms with Gasteiger partial charge in [0.05, 0.1) is 25.7 Å². The molecule has 0 radical (unpaired) electrons. The quantitative estimate of drug-likeness (QED) is 0.460. The highest BCUT2D eigenvalue weighted by atomic mass is 16.5. The second kappa shape index (κ2) is 8.10. The number of methoxy groups -OCH3 is 1. The normalized spacial score (nSPS) is 28.4. The van der Waals surface area contributed by atoms with E-state index < -0.39 is 6.10 Å². The predicted molar refractivity (Wildman–Crippen MR) is 124 cm³/mol. The molecule has 4 heterocycles. The molecule has 6 rings (SSSR count). The minimum Gasteiger partial charge on any atom is -0.497 e. The van der Waals surface area contributed by atoms with E-state index in [1.807, 2.05) is 42.6 Å². The molecule has 3 aromatic rings. The van der Waals surface area contributed by atoms with Gasteiger partial charge in [-0.2, -0.15) is 0 Å². The fraction of sp³-hybridized carbons (Fsp3) is 0.370. The standard InChI is InChI=1S/C27H31N2O2/c1-3-20-18-29(17-19-8-10-22(31-2)11-9-19)15-13-21(20)16-26(29)27(30)24-12-14-28-25-7-5-4-6-23(24)25/h3-12,14,20-21,26-27,30H,1,13,15-18H2,2H3/q+1/t20-,21-,26+,27-,29+/m0/s1. The third-order valence-corrected chi connectivity index (χ3v) is 7.70. The van der Waals surface area contributed by atoms with Crippen LogP contribution in [-0.2, 0) is 6.54 Å². The van der Waals surface area contributed by atoms with Crippen molar-refractivity contribution in [3.8, 4) is 5.75 Å². The van der Waals surface area contributed by atoms with Gasteiger partial charge in [0.15, 0.2) is 0 Å². The lowest BCUT2D eigenvalue weighted by molar-refractivity contribution is -0.984. The van der Waals surface area contributed by atoms with Gasteiger partial charge in [0.1, 0.15) is 24.4 Å². The number of hydrogen-bond donors (Lipinski definition) is 1. The third kappa shape index (κ3) is 3.54. The summed E-state index contributed by atoms with van der Waals surface area (Å²) in [5.41, 5.74) is 3.24. The van der Waals surface area contributed by atoms with E-state index in [0.29, 0.717) is 11.8 Å². The number of fused-ring (bicyclic) bond motifs is 4. The number of quaternary nitrogens is 1. The summed E-state index contributed by atoms with van der Waals surface area (Å²) in [6, 6.07) is 18.7. The van der Waals surface area contributed by atoms with Crippen LogP contribution in [0.1, 0.15) is 30.1 Å². The second-order valence-corrected chi connectivity index (χ2v) is 9.24. The van der Waals surface area contributed by atoms with Gasteiger partial charge in [-0.3, -0.25) is 4.98 Å². The van der Waals surface area contributed by atoms with E-state index in [4.69, 9.17) is 4.74 Å². The van der Waals surface area contributed by atoms with Gasteiger partial charge in [0, 0.05) is 35.9 Å². The Morgan fingerprint density at radius 1 is 1.19 bits per heavy atom. The van der Waals surface area contributed by atoms with Gasteiger partial charge >= 0.3 is 0 Å². The fourth-order valence-electron chi connectivity index (χ4n) is 6.06. The molecule has 0 saturated carbocycles. The van der Waals surface area contributed by atoms with Crippen LogP contribution >= 0.6 is 0 Å². The van der Waals surface area contributed by atoms with E-state index in [2.05, 4.69) is 35.8 Å². The van der Waals surface area contributed by atoms with Crippen molar-refractivity contribution in [3.63, 3.8) is 0 Å². The number of piperidine rings is 3. The minimum atomic E-state index is -0.514. The maximum absolute atomic E-state index is 11.8. The van der Waals surface area contributed by atoms with Gasteiger partial charge in [-0.15, -0.1) is 6.58 Å². The zero-order valence-corrected chi connectivity index (χ0v) is 18.2. The molecule has 4 heteroatoms. The van der Waals surface area contributed by atoms with Crippen molar-refractivity contribution in [3.05, 3.63) is 84.6 Å².